The zero-order chi connectivity index (χ0) is 24.6. The molecule has 0 saturated carbocycles. The Morgan fingerprint density at radius 1 is 0.800 bits per heavy atom. The minimum atomic E-state index is -1.45. The van der Waals surface area contributed by atoms with Gasteiger partial charge in [0.1, 0.15) is 11.5 Å². The number of urea groups is 1. The molecule has 0 atom stereocenters. The van der Waals surface area contributed by atoms with Gasteiger partial charge in [-0.15, -0.1) is 0 Å². The van der Waals surface area contributed by atoms with Crippen molar-refractivity contribution in [1.82, 2.24) is 14.8 Å². The number of methoxy groups -OCH3 is 2. The zero-order valence-corrected chi connectivity index (χ0v) is 19.2. The molecule has 1 aromatic heterocycles. The summed E-state index contributed by atoms with van der Waals surface area (Å²) in [4.78, 5) is 40.6. The summed E-state index contributed by atoms with van der Waals surface area (Å²) in [5.74, 6) is 0.255. The average molecular weight is 473 g/mol. The average Bonchev–Trinajstić information content (AvgIpc) is 3.35. The first-order valence-corrected chi connectivity index (χ1v) is 11.0. The van der Waals surface area contributed by atoms with Crippen molar-refractivity contribution < 1.29 is 23.5 Å². The molecule has 0 bridgehead atoms. The number of nitrogens with zero attached hydrogens (tertiary/aromatic N) is 2. The van der Waals surface area contributed by atoms with Crippen LogP contribution in [0.3, 0.4) is 0 Å². The summed E-state index contributed by atoms with van der Waals surface area (Å²) < 4.78 is 17.2. The molecular formula is C26H23N3O6. The van der Waals surface area contributed by atoms with Gasteiger partial charge in [-0.2, -0.15) is 0 Å². The number of benzene rings is 3. The second kappa shape index (κ2) is 8.68. The van der Waals surface area contributed by atoms with Gasteiger partial charge >= 0.3 is 11.8 Å². The van der Waals surface area contributed by atoms with E-state index < -0.39 is 23.2 Å². The minimum absolute atomic E-state index is 0.0117. The van der Waals surface area contributed by atoms with E-state index in [4.69, 9.17) is 13.9 Å². The first-order chi connectivity index (χ1) is 17.0. The van der Waals surface area contributed by atoms with E-state index in [0.717, 1.165) is 4.90 Å². The van der Waals surface area contributed by atoms with E-state index in [1.54, 1.807) is 87.0 Å². The monoisotopic (exact) mass is 473 g/mol. The van der Waals surface area contributed by atoms with Crippen LogP contribution in [0.5, 0.6) is 11.5 Å². The highest BCUT2D eigenvalue weighted by Crippen LogP contribution is 2.37. The van der Waals surface area contributed by atoms with Gasteiger partial charge in [-0.3, -0.25) is 14.3 Å². The van der Waals surface area contributed by atoms with Crippen molar-refractivity contribution in [3.8, 4) is 11.5 Å². The molecule has 1 N–H and O–H groups in total. The number of para-hydroxylation sites is 2. The predicted molar refractivity (Wildman–Crippen MR) is 127 cm³/mol. The number of ether oxygens (including phenoxy) is 2. The molecule has 0 unspecified atom stereocenters. The van der Waals surface area contributed by atoms with Crippen molar-refractivity contribution in [2.45, 2.75) is 12.1 Å². The zero-order valence-electron chi connectivity index (χ0n) is 19.2. The molecule has 9 heteroatoms. The van der Waals surface area contributed by atoms with Crippen molar-refractivity contribution in [2.75, 3.05) is 20.8 Å². The Hall–Kier alpha value is -4.53. The number of aromatic nitrogens is 1. The summed E-state index contributed by atoms with van der Waals surface area (Å²) in [6, 6.07) is 20.4. The number of hydrogen-bond acceptors (Lipinski definition) is 6. The number of oxazole rings is 1. The Bertz CT molecular complexity index is 1410. The van der Waals surface area contributed by atoms with Crippen LogP contribution in [0, 0.1) is 0 Å². The lowest BCUT2D eigenvalue weighted by atomic mass is 9.82. The van der Waals surface area contributed by atoms with E-state index in [1.807, 2.05) is 0 Å². The van der Waals surface area contributed by atoms with Gasteiger partial charge in [0.15, 0.2) is 11.1 Å². The highest BCUT2D eigenvalue weighted by Gasteiger charge is 2.53. The van der Waals surface area contributed by atoms with Gasteiger partial charge in [0, 0.05) is 13.1 Å². The van der Waals surface area contributed by atoms with Crippen LogP contribution >= 0.6 is 0 Å². The second-order valence-corrected chi connectivity index (χ2v) is 8.08. The van der Waals surface area contributed by atoms with Crippen molar-refractivity contribution in [1.29, 1.82) is 0 Å². The van der Waals surface area contributed by atoms with E-state index in [-0.39, 0.29) is 13.1 Å². The number of imide groups is 1. The first kappa shape index (κ1) is 22.3. The van der Waals surface area contributed by atoms with Crippen LogP contribution < -0.4 is 20.5 Å². The van der Waals surface area contributed by atoms with E-state index in [9.17, 15) is 14.4 Å². The molecule has 0 spiro atoms. The molecule has 1 aliphatic rings. The van der Waals surface area contributed by atoms with E-state index in [2.05, 4.69) is 5.32 Å². The molecule has 9 nitrogen and oxygen atoms in total. The number of hydrogen-bond donors (Lipinski definition) is 1. The molecule has 1 fully saturated rings. The van der Waals surface area contributed by atoms with Gasteiger partial charge in [0.25, 0.3) is 5.91 Å². The Morgan fingerprint density at radius 3 is 1.94 bits per heavy atom. The van der Waals surface area contributed by atoms with E-state index >= 15 is 0 Å². The summed E-state index contributed by atoms with van der Waals surface area (Å²) in [6.45, 7) is 0.0818. The Labute approximate surface area is 200 Å². The summed E-state index contributed by atoms with van der Waals surface area (Å²) in [5, 5.41) is 2.90. The third-order valence-electron chi connectivity index (χ3n) is 6.27. The number of amides is 3. The molecule has 2 heterocycles. The van der Waals surface area contributed by atoms with Gasteiger partial charge in [0.05, 0.1) is 19.7 Å². The van der Waals surface area contributed by atoms with E-state index in [0.29, 0.717) is 33.7 Å². The third-order valence-corrected chi connectivity index (χ3v) is 6.27. The summed E-state index contributed by atoms with van der Waals surface area (Å²) in [6.07, 6.45) is 0. The number of fused-ring (bicyclic) bond motifs is 1. The third kappa shape index (κ3) is 3.61. The van der Waals surface area contributed by atoms with Crippen LogP contribution in [0.4, 0.5) is 4.79 Å². The van der Waals surface area contributed by atoms with Gasteiger partial charge in [-0.25, -0.2) is 9.59 Å². The minimum Gasteiger partial charge on any atom is -0.497 e. The molecule has 3 aromatic carbocycles. The fourth-order valence-corrected chi connectivity index (χ4v) is 4.44. The molecule has 5 rings (SSSR count). The second-order valence-electron chi connectivity index (χ2n) is 8.08. The lowest BCUT2D eigenvalue weighted by molar-refractivity contribution is -0.130. The summed E-state index contributed by atoms with van der Waals surface area (Å²) in [5.41, 5.74) is 0.756. The summed E-state index contributed by atoms with van der Waals surface area (Å²) in [7, 11) is 3.11. The molecule has 1 aliphatic heterocycles. The van der Waals surface area contributed by atoms with Crippen LogP contribution in [0.1, 0.15) is 11.1 Å². The smallest absolute Gasteiger partial charge is 0.420 e. The topological polar surface area (TPSA) is 103 Å². The van der Waals surface area contributed by atoms with Crippen molar-refractivity contribution in [3.63, 3.8) is 0 Å². The van der Waals surface area contributed by atoms with Gasteiger partial charge < -0.3 is 19.2 Å². The standard InChI is InChI=1S/C26H23N3O6/c1-33-19-11-7-17(8-12-19)26(18-9-13-20(34-2)14-10-18)23(30)29(24(31)27-26)16-15-28-21-5-3-4-6-22(21)35-25(28)32/h3-14H,15-16H2,1-2H3,(H,27,31). The molecule has 3 amide bonds. The number of rotatable bonds is 7. The van der Waals surface area contributed by atoms with Crippen LogP contribution in [0.2, 0.25) is 0 Å². The fourth-order valence-electron chi connectivity index (χ4n) is 4.44. The maximum absolute atomic E-state index is 13.9. The fraction of sp³-hybridized carbons (Fsp3) is 0.192. The first-order valence-electron chi connectivity index (χ1n) is 11.0. The highest BCUT2D eigenvalue weighted by molar-refractivity contribution is 6.09. The molecule has 4 aromatic rings. The normalized spacial score (nSPS) is 14.9. The Kier molecular flexibility index (Phi) is 5.52. The Balaban J connectivity index is 1.52. The van der Waals surface area contributed by atoms with Crippen molar-refractivity contribution in [3.05, 3.63) is 94.5 Å². The van der Waals surface area contributed by atoms with Crippen LogP contribution in [0.15, 0.2) is 82.0 Å². The van der Waals surface area contributed by atoms with Gasteiger partial charge in [-0.1, -0.05) is 36.4 Å². The molecule has 178 valence electrons. The van der Waals surface area contributed by atoms with E-state index in [1.165, 1.54) is 4.57 Å². The number of carbonyl (C=O) groups excluding carboxylic acids is 2. The lowest BCUT2D eigenvalue weighted by Gasteiger charge is -2.28. The van der Waals surface area contributed by atoms with Crippen LogP contribution in [-0.4, -0.2) is 42.2 Å². The largest absolute Gasteiger partial charge is 0.497 e. The molecule has 0 radical (unpaired) electrons. The molecule has 1 saturated heterocycles. The maximum Gasteiger partial charge on any atom is 0.420 e. The number of carbonyl (C=O) groups is 2. The predicted octanol–water partition coefficient (Wildman–Crippen LogP) is 3.11. The number of nitrogens with one attached hydrogen (secondary N) is 1. The highest BCUT2D eigenvalue weighted by atomic mass is 16.5. The summed E-state index contributed by atoms with van der Waals surface area (Å²) >= 11 is 0. The van der Waals surface area contributed by atoms with Gasteiger partial charge in [0.2, 0.25) is 0 Å². The lowest BCUT2D eigenvalue weighted by Crippen LogP contribution is -2.45. The maximum atomic E-state index is 13.9. The van der Waals surface area contributed by atoms with Crippen molar-refractivity contribution in [2.24, 2.45) is 0 Å². The Morgan fingerprint density at radius 2 is 1.37 bits per heavy atom. The van der Waals surface area contributed by atoms with Gasteiger partial charge in [-0.05, 0) is 47.5 Å². The SMILES string of the molecule is COc1ccc(C2(c3ccc(OC)cc3)NC(=O)N(CCn3c(=O)oc4ccccc43)C2=O)cc1. The quantitative estimate of drug-likeness (QED) is 0.414. The molecule has 35 heavy (non-hydrogen) atoms. The van der Waals surface area contributed by atoms with Crippen molar-refractivity contribution >= 4 is 23.0 Å². The van der Waals surface area contributed by atoms with Crippen LogP contribution in [0.25, 0.3) is 11.1 Å². The van der Waals surface area contributed by atoms with Crippen LogP contribution in [-0.2, 0) is 16.9 Å². The molecular weight excluding hydrogens is 450 g/mol. The molecule has 0 aliphatic carbocycles.